The van der Waals surface area contributed by atoms with E-state index in [1.54, 1.807) is 0 Å². The molecule has 0 heterocycles. The van der Waals surface area contributed by atoms with Gasteiger partial charge in [-0.15, -0.1) is 0 Å². The largest absolute Gasteiger partial charge is 0.391 e. The Balaban J connectivity index is 1.85. The van der Waals surface area contributed by atoms with Gasteiger partial charge in [-0.1, -0.05) is 32.0 Å². The number of hydrogen-bond acceptors (Lipinski definition) is 2. The van der Waals surface area contributed by atoms with Crippen LogP contribution in [0.15, 0.2) is 18.2 Å². The highest BCUT2D eigenvalue weighted by molar-refractivity contribution is 5.78. The van der Waals surface area contributed by atoms with Gasteiger partial charge in [0.2, 0.25) is 5.91 Å². The highest BCUT2D eigenvalue weighted by Gasteiger charge is 2.13. The third kappa shape index (κ3) is 3.80. The summed E-state index contributed by atoms with van der Waals surface area (Å²) >= 11 is 0. The van der Waals surface area contributed by atoms with E-state index in [0.717, 1.165) is 12.0 Å². The number of aliphatic hydroxyl groups is 1. The van der Waals surface area contributed by atoms with Crippen LogP contribution in [0.25, 0.3) is 0 Å². The van der Waals surface area contributed by atoms with Crippen molar-refractivity contribution >= 4 is 5.91 Å². The van der Waals surface area contributed by atoms with Crippen LogP contribution < -0.4 is 5.32 Å². The molecule has 0 aromatic heterocycles. The summed E-state index contributed by atoms with van der Waals surface area (Å²) in [5.41, 5.74) is 3.89. The predicted molar refractivity (Wildman–Crippen MR) is 76.0 cm³/mol. The Morgan fingerprint density at radius 2 is 2.05 bits per heavy atom. The normalized spacial score (nSPS) is 15.4. The molecule has 1 unspecified atom stereocenters. The van der Waals surface area contributed by atoms with Crippen LogP contribution >= 0.6 is 0 Å². The van der Waals surface area contributed by atoms with Gasteiger partial charge in [0.25, 0.3) is 0 Å². The van der Waals surface area contributed by atoms with Crippen molar-refractivity contribution < 1.29 is 9.90 Å². The van der Waals surface area contributed by atoms with Gasteiger partial charge in [-0.05, 0) is 41.9 Å². The number of hydrogen-bond donors (Lipinski definition) is 2. The van der Waals surface area contributed by atoms with Crippen LogP contribution in [0.5, 0.6) is 0 Å². The zero-order chi connectivity index (χ0) is 13.8. The van der Waals surface area contributed by atoms with Crippen LogP contribution in [0.3, 0.4) is 0 Å². The van der Waals surface area contributed by atoms with E-state index in [9.17, 15) is 9.90 Å². The second-order valence-corrected chi connectivity index (χ2v) is 5.75. The molecular weight excluding hydrogens is 238 g/mol. The second kappa shape index (κ2) is 6.20. The molecule has 0 bridgehead atoms. The minimum atomic E-state index is -0.469. The molecule has 1 amide bonds. The smallest absolute Gasteiger partial charge is 0.224 e. The number of carbonyl (C=O) groups excluding carboxylic acids is 1. The molecule has 104 valence electrons. The molecule has 3 heteroatoms. The minimum Gasteiger partial charge on any atom is -0.391 e. The van der Waals surface area contributed by atoms with E-state index in [1.807, 2.05) is 19.9 Å². The Kier molecular flexibility index (Phi) is 4.59. The second-order valence-electron chi connectivity index (χ2n) is 5.75. The van der Waals surface area contributed by atoms with Crippen molar-refractivity contribution in [3.8, 4) is 0 Å². The lowest BCUT2D eigenvalue weighted by atomic mass is 10.0. The van der Waals surface area contributed by atoms with E-state index in [0.29, 0.717) is 13.0 Å². The average Bonchev–Trinajstić information content (AvgIpc) is 2.83. The zero-order valence-corrected chi connectivity index (χ0v) is 11.8. The fourth-order valence-electron chi connectivity index (χ4n) is 2.44. The number of fused-ring (bicyclic) bond motifs is 1. The molecule has 0 spiro atoms. The Bertz CT molecular complexity index is 454. The summed E-state index contributed by atoms with van der Waals surface area (Å²) in [6, 6.07) is 6.34. The molecule has 1 aliphatic carbocycles. The van der Waals surface area contributed by atoms with Gasteiger partial charge in [0.05, 0.1) is 12.5 Å². The topological polar surface area (TPSA) is 49.3 Å². The number of benzene rings is 1. The number of aliphatic hydroxyl groups excluding tert-OH is 1. The van der Waals surface area contributed by atoms with Gasteiger partial charge in [0.1, 0.15) is 0 Å². The van der Waals surface area contributed by atoms with Crippen LogP contribution in [0.1, 0.15) is 37.0 Å². The molecule has 3 nitrogen and oxygen atoms in total. The van der Waals surface area contributed by atoms with E-state index in [1.165, 1.54) is 24.0 Å². The van der Waals surface area contributed by atoms with Gasteiger partial charge >= 0.3 is 0 Å². The van der Waals surface area contributed by atoms with E-state index in [-0.39, 0.29) is 11.8 Å². The molecule has 1 atom stereocenters. The van der Waals surface area contributed by atoms with Gasteiger partial charge < -0.3 is 10.4 Å². The van der Waals surface area contributed by atoms with Crippen molar-refractivity contribution in [2.24, 2.45) is 5.92 Å². The fourth-order valence-corrected chi connectivity index (χ4v) is 2.44. The number of carbonyl (C=O) groups is 1. The van der Waals surface area contributed by atoms with E-state index in [2.05, 4.69) is 17.4 Å². The fraction of sp³-hybridized carbons (Fsp3) is 0.562. The molecule has 1 aromatic carbocycles. The van der Waals surface area contributed by atoms with Gasteiger partial charge in [-0.3, -0.25) is 4.79 Å². The molecule has 1 aliphatic rings. The third-order valence-electron chi connectivity index (χ3n) is 3.81. The molecule has 2 rings (SSSR count). The maximum atomic E-state index is 11.8. The van der Waals surface area contributed by atoms with Crippen LogP contribution in [0.2, 0.25) is 0 Å². The summed E-state index contributed by atoms with van der Waals surface area (Å²) in [5, 5.41) is 12.4. The van der Waals surface area contributed by atoms with Crippen molar-refractivity contribution in [1.82, 2.24) is 5.32 Å². The van der Waals surface area contributed by atoms with Gasteiger partial charge in [0, 0.05) is 6.54 Å². The third-order valence-corrected chi connectivity index (χ3v) is 3.81. The molecule has 0 aliphatic heterocycles. The zero-order valence-electron chi connectivity index (χ0n) is 11.8. The number of aryl methyl sites for hydroxylation is 2. The van der Waals surface area contributed by atoms with Crippen LogP contribution in [-0.4, -0.2) is 23.7 Å². The Morgan fingerprint density at radius 3 is 2.79 bits per heavy atom. The molecule has 2 N–H and O–H groups in total. The van der Waals surface area contributed by atoms with Crippen LogP contribution in [0.4, 0.5) is 0 Å². The van der Waals surface area contributed by atoms with Crippen molar-refractivity contribution in [2.45, 2.75) is 45.6 Å². The summed E-state index contributed by atoms with van der Waals surface area (Å²) < 4.78 is 0. The summed E-state index contributed by atoms with van der Waals surface area (Å²) in [6.07, 6.45) is 3.46. The first-order valence-electron chi connectivity index (χ1n) is 7.11. The van der Waals surface area contributed by atoms with Crippen LogP contribution in [-0.2, 0) is 24.1 Å². The molecule has 1 aromatic rings. The van der Waals surface area contributed by atoms with Gasteiger partial charge in [-0.2, -0.15) is 0 Å². The lowest BCUT2D eigenvalue weighted by molar-refractivity contribution is -0.121. The summed E-state index contributed by atoms with van der Waals surface area (Å²) in [6.45, 7) is 4.22. The first-order valence-corrected chi connectivity index (χ1v) is 7.11. The Morgan fingerprint density at radius 1 is 1.32 bits per heavy atom. The maximum Gasteiger partial charge on any atom is 0.224 e. The van der Waals surface area contributed by atoms with Crippen molar-refractivity contribution in [3.63, 3.8) is 0 Å². The van der Waals surface area contributed by atoms with Crippen molar-refractivity contribution in [1.29, 1.82) is 0 Å². The van der Waals surface area contributed by atoms with Gasteiger partial charge in [0.15, 0.2) is 0 Å². The van der Waals surface area contributed by atoms with E-state index < -0.39 is 6.10 Å². The molecular formula is C16H23NO2. The number of rotatable bonds is 5. The average molecular weight is 261 g/mol. The maximum absolute atomic E-state index is 11.8. The Hall–Kier alpha value is -1.35. The first-order chi connectivity index (χ1) is 9.06. The van der Waals surface area contributed by atoms with E-state index in [4.69, 9.17) is 0 Å². The minimum absolute atomic E-state index is 0.0161. The van der Waals surface area contributed by atoms with Crippen molar-refractivity contribution in [2.75, 3.05) is 6.54 Å². The monoisotopic (exact) mass is 261 g/mol. The lowest BCUT2D eigenvalue weighted by Crippen LogP contribution is -2.35. The predicted octanol–water partition coefficient (Wildman–Crippen LogP) is 1.85. The summed E-state index contributed by atoms with van der Waals surface area (Å²) in [4.78, 5) is 11.8. The standard InChI is InChI=1S/C16H23NO2/c1-11(2)15(18)10-17-16(19)9-12-6-7-13-4-3-5-14(13)8-12/h6-8,11,15,18H,3-5,9-10H2,1-2H3,(H,17,19). The molecule has 0 saturated heterocycles. The summed E-state index contributed by atoms with van der Waals surface area (Å²) in [7, 11) is 0. The Labute approximate surface area is 115 Å². The van der Waals surface area contributed by atoms with Crippen LogP contribution in [0, 0.1) is 5.92 Å². The van der Waals surface area contributed by atoms with Crippen molar-refractivity contribution in [3.05, 3.63) is 34.9 Å². The SMILES string of the molecule is CC(C)C(O)CNC(=O)Cc1ccc2c(c1)CCC2. The number of amides is 1. The number of nitrogens with one attached hydrogen (secondary N) is 1. The quantitative estimate of drug-likeness (QED) is 0.850. The molecule has 19 heavy (non-hydrogen) atoms. The van der Waals surface area contributed by atoms with Gasteiger partial charge in [-0.25, -0.2) is 0 Å². The first kappa shape index (κ1) is 14.1. The van der Waals surface area contributed by atoms with E-state index >= 15 is 0 Å². The highest BCUT2D eigenvalue weighted by Crippen LogP contribution is 2.22. The lowest BCUT2D eigenvalue weighted by Gasteiger charge is -2.15. The molecule has 0 fully saturated rings. The molecule has 0 saturated carbocycles. The summed E-state index contributed by atoms with van der Waals surface area (Å²) in [5.74, 6) is 0.151. The molecule has 0 radical (unpaired) electrons. The highest BCUT2D eigenvalue weighted by atomic mass is 16.3.